The molecule has 2 aromatic heterocycles. The normalized spacial score (nSPS) is 15.8. The predicted octanol–water partition coefficient (Wildman–Crippen LogP) is 2.20. The van der Waals surface area contributed by atoms with Gasteiger partial charge in [-0.3, -0.25) is 0 Å². The summed E-state index contributed by atoms with van der Waals surface area (Å²) in [6.45, 7) is 3.83. The van der Waals surface area contributed by atoms with Crippen LogP contribution in [0.4, 0.5) is 5.95 Å². The van der Waals surface area contributed by atoms with Gasteiger partial charge in [-0.2, -0.15) is 0 Å². The second-order valence-electron chi connectivity index (χ2n) is 6.73. The fraction of sp³-hybridized carbons (Fsp3) is 0.500. The maximum absolute atomic E-state index is 9.60. The van der Waals surface area contributed by atoms with Crippen LogP contribution < -0.4 is 5.32 Å². The van der Waals surface area contributed by atoms with Crippen molar-refractivity contribution in [3.8, 4) is 0 Å². The van der Waals surface area contributed by atoms with E-state index in [2.05, 4.69) is 35.7 Å². The van der Waals surface area contributed by atoms with Gasteiger partial charge in [-0.05, 0) is 31.9 Å². The summed E-state index contributed by atoms with van der Waals surface area (Å²) in [4.78, 5) is 4.68. The van der Waals surface area contributed by atoms with Gasteiger partial charge in [0.2, 0.25) is 5.95 Å². The number of nitrogens with zero attached hydrogens (tertiary/aromatic N) is 5. The molecule has 3 heterocycles. The molecule has 0 saturated carbocycles. The van der Waals surface area contributed by atoms with Crippen molar-refractivity contribution in [1.29, 1.82) is 0 Å². The van der Waals surface area contributed by atoms with Crippen LogP contribution in [0.15, 0.2) is 24.3 Å². The first kappa shape index (κ1) is 16.1. The Hall–Kier alpha value is -2.41. The number of imidazole rings is 1. The Balaban J connectivity index is 1.70. The molecule has 2 N–H and O–H groups in total. The summed E-state index contributed by atoms with van der Waals surface area (Å²) >= 11 is 0. The van der Waals surface area contributed by atoms with Crippen LogP contribution in [0.25, 0.3) is 11.0 Å². The van der Waals surface area contributed by atoms with Crippen molar-refractivity contribution in [2.75, 3.05) is 11.9 Å². The number of nitrogens with one attached hydrogen (secondary N) is 1. The average Bonchev–Trinajstić information content (AvgIpc) is 3.06. The van der Waals surface area contributed by atoms with Crippen LogP contribution in [0.5, 0.6) is 0 Å². The summed E-state index contributed by atoms with van der Waals surface area (Å²) in [6.07, 6.45) is 4.18. The lowest BCUT2D eigenvalue weighted by Gasteiger charge is -2.13. The number of anilines is 1. The Morgan fingerprint density at radius 2 is 2.08 bits per heavy atom. The third-order valence-electron chi connectivity index (χ3n) is 4.70. The fourth-order valence-corrected chi connectivity index (χ4v) is 3.41. The van der Waals surface area contributed by atoms with Crippen LogP contribution >= 0.6 is 0 Å². The van der Waals surface area contributed by atoms with Crippen LogP contribution in [-0.4, -0.2) is 42.1 Å². The molecule has 1 aliphatic heterocycles. The molecule has 1 atom stereocenters. The van der Waals surface area contributed by atoms with Gasteiger partial charge in [0.1, 0.15) is 5.82 Å². The first-order valence-corrected chi connectivity index (χ1v) is 9.00. The molecule has 4 rings (SSSR count). The van der Waals surface area contributed by atoms with Crippen molar-refractivity contribution in [2.45, 2.75) is 51.8 Å². The van der Waals surface area contributed by atoms with Gasteiger partial charge in [0, 0.05) is 19.5 Å². The van der Waals surface area contributed by atoms with Gasteiger partial charge >= 0.3 is 0 Å². The lowest BCUT2D eigenvalue weighted by atomic mass is 10.2. The van der Waals surface area contributed by atoms with Crippen LogP contribution in [0.1, 0.15) is 37.8 Å². The van der Waals surface area contributed by atoms with E-state index in [1.807, 2.05) is 18.2 Å². The van der Waals surface area contributed by atoms with Crippen molar-refractivity contribution in [1.82, 2.24) is 24.3 Å². The predicted molar refractivity (Wildman–Crippen MR) is 96.6 cm³/mol. The van der Waals surface area contributed by atoms with Gasteiger partial charge in [0.25, 0.3) is 0 Å². The minimum Gasteiger partial charge on any atom is -0.392 e. The molecule has 0 amide bonds. The van der Waals surface area contributed by atoms with Gasteiger partial charge in [-0.15, -0.1) is 10.2 Å². The average molecular weight is 340 g/mol. The summed E-state index contributed by atoms with van der Waals surface area (Å²) in [5.41, 5.74) is 1.99. The molecule has 0 aliphatic carbocycles. The van der Waals surface area contributed by atoms with E-state index >= 15 is 0 Å². The Kier molecular flexibility index (Phi) is 4.40. The Labute approximate surface area is 146 Å². The lowest BCUT2D eigenvalue weighted by Crippen LogP contribution is -2.19. The molecule has 0 radical (unpaired) electrons. The van der Waals surface area contributed by atoms with Crippen LogP contribution in [0.3, 0.4) is 0 Å². The fourth-order valence-electron chi connectivity index (χ4n) is 3.41. The highest BCUT2D eigenvalue weighted by molar-refractivity contribution is 5.78. The highest BCUT2D eigenvalue weighted by Gasteiger charge is 2.18. The molecular weight excluding hydrogens is 316 g/mol. The van der Waals surface area contributed by atoms with Gasteiger partial charge in [0.05, 0.1) is 23.7 Å². The van der Waals surface area contributed by atoms with E-state index in [0.29, 0.717) is 13.1 Å². The van der Waals surface area contributed by atoms with E-state index in [1.54, 1.807) is 6.92 Å². The third kappa shape index (κ3) is 3.24. The molecule has 0 saturated heterocycles. The van der Waals surface area contributed by atoms with Crippen molar-refractivity contribution in [3.05, 3.63) is 35.9 Å². The molecule has 132 valence electrons. The maximum Gasteiger partial charge on any atom is 0.204 e. The molecule has 7 nitrogen and oxygen atoms in total. The highest BCUT2D eigenvalue weighted by atomic mass is 16.3. The van der Waals surface area contributed by atoms with Crippen molar-refractivity contribution >= 4 is 17.0 Å². The summed E-state index contributed by atoms with van der Waals surface area (Å²) in [6, 6.07) is 8.07. The topological polar surface area (TPSA) is 80.8 Å². The number of aryl methyl sites for hydroxylation is 1. The van der Waals surface area contributed by atoms with E-state index in [0.717, 1.165) is 41.6 Å². The quantitative estimate of drug-likeness (QED) is 0.744. The maximum atomic E-state index is 9.60. The minimum absolute atomic E-state index is 0.433. The second-order valence-corrected chi connectivity index (χ2v) is 6.73. The lowest BCUT2D eigenvalue weighted by molar-refractivity contribution is 0.208. The Bertz CT molecular complexity index is 866. The summed E-state index contributed by atoms with van der Waals surface area (Å²) < 4.78 is 4.39. The van der Waals surface area contributed by atoms with E-state index in [4.69, 9.17) is 0 Å². The van der Waals surface area contributed by atoms with E-state index in [-0.39, 0.29) is 0 Å². The van der Waals surface area contributed by atoms with E-state index < -0.39 is 6.10 Å². The minimum atomic E-state index is -0.433. The highest BCUT2D eigenvalue weighted by Crippen LogP contribution is 2.22. The van der Waals surface area contributed by atoms with Crippen LogP contribution in [0.2, 0.25) is 0 Å². The number of aliphatic hydroxyl groups is 1. The van der Waals surface area contributed by atoms with Gasteiger partial charge in [-0.25, -0.2) is 4.98 Å². The van der Waals surface area contributed by atoms with Crippen molar-refractivity contribution in [2.24, 2.45) is 0 Å². The van der Waals surface area contributed by atoms with Crippen molar-refractivity contribution in [3.63, 3.8) is 0 Å². The number of aliphatic hydroxyl groups excluding tert-OH is 1. The van der Waals surface area contributed by atoms with Gasteiger partial charge in [0.15, 0.2) is 5.82 Å². The van der Waals surface area contributed by atoms with E-state index in [9.17, 15) is 5.11 Å². The smallest absolute Gasteiger partial charge is 0.204 e. The summed E-state index contributed by atoms with van der Waals surface area (Å²) in [5, 5.41) is 21.7. The van der Waals surface area contributed by atoms with E-state index in [1.165, 1.54) is 19.3 Å². The van der Waals surface area contributed by atoms with Gasteiger partial charge in [-0.1, -0.05) is 18.6 Å². The number of benzene rings is 1. The molecular formula is C18H24N6O. The first-order valence-electron chi connectivity index (χ1n) is 9.00. The number of hydrogen-bond donors (Lipinski definition) is 2. The largest absolute Gasteiger partial charge is 0.392 e. The van der Waals surface area contributed by atoms with Crippen LogP contribution in [-0.2, 0) is 19.5 Å². The molecule has 1 unspecified atom stereocenters. The zero-order valence-corrected chi connectivity index (χ0v) is 14.5. The molecule has 3 aromatic rings. The summed E-state index contributed by atoms with van der Waals surface area (Å²) in [7, 11) is 0. The Morgan fingerprint density at radius 3 is 2.96 bits per heavy atom. The molecule has 7 heteroatoms. The molecule has 0 fully saturated rings. The third-order valence-corrected chi connectivity index (χ3v) is 4.70. The molecule has 0 bridgehead atoms. The molecule has 1 aromatic carbocycles. The zero-order valence-electron chi connectivity index (χ0n) is 14.5. The zero-order chi connectivity index (χ0) is 17.2. The SMILES string of the molecule is CC(O)CNc1nc2ccccc2n1Cc1nnc2n1CCCCC2. The van der Waals surface area contributed by atoms with Crippen LogP contribution in [0, 0.1) is 0 Å². The number of hydrogen-bond acceptors (Lipinski definition) is 5. The second kappa shape index (κ2) is 6.84. The van der Waals surface area contributed by atoms with Crippen molar-refractivity contribution < 1.29 is 5.11 Å². The summed E-state index contributed by atoms with van der Waals surface area (Å²) in [5.74, 6) is 2.82. The monoisotopic (exact) mass is 340 g/mol. The molecule has 0 spiro atoms. The van der Waals surface area contributed by atoms with Gasteiger partial charge < -0.3 is 19.6 Å². The standard InChI is InChI=1S/C18H24N6O/c1-13(25)11-19-18-20-14-7-4-5-8-15(14)24(18)12-17-22-21-16-9-3-2-6-10-23(16)17/h4-5,7-8,13,25H,2-3,6,9-12H2,1H3,(H,19,20). The first-order chi connectivity index (χ1) is 12.2. The Morgan fingerprint density at radius 1 is 1.20 bits per heavy atom. The molecule has 1 aliphatic rings. The number of aromatic nitrogens is 5. The number of fused-ring (bicyclic) bond motifs is 2. The number of rotatable bonds is 5. The number of para-hydroxylation sites is 2. The molecule has 25 heavy (non-hydrogen) atoms.